The Balaban J connectivity index is 1.54. The van der Waals surface area contributed by atoms with Gasteiger partial charge in [0.1, 0.15) is 5.75 Å². The monoisotopic (exact) mass is 576 g/mol. The number of ether oxygens (including phenoxy) is 1. The highest BCUT2D eigenvalue weighted by Gasteiger charge is 2.30. The van der Waals surface area contributed by atoms with Crippen LogP contribution in [0.4, 0.5) is 27.1 Å². The summed E-state index contributed by atoms with van der Waals surface area (Å²) in [6.07, 6.45) is -3.91. The number of aliphatic carboxylic acids is 1. The van der Waals surface area contributed by atoms with E-state index in [0.29, 0.717) is 40.7 Å². The smallest absolute Gasteiger partial charge is 0.416 e. The molecule has 0 unspecified atom stereocenters. The Morgan fingerprint density at radius 2 is 1.60 bits per heavy atom. The third-order valence-electron chi connectivity index (χ3n) is 6.11. The number of thiazole rings is 1. The molecule has 210 valence electrons. The van der Waals surface area contributed by atoms with Crippen LogP contribution in [0.3, 0.4) is 0 Å². The zero-order chi connectivity index (χ0) is 29.1. The van der Waals surface area contributed by atoms with Crippen molar-refractivity contribution >= 4 is 22.4 Å². The number of nitrogens with zero attached hydrogens (tertiary/aromatic N) is 2. The van der Waals surface area contributed by atoms with Crippen LogP contribution < -0.4 is 9.64 Å². The van der Waals surface area contributed by atoms with Crippen LogP contribution in [0.1, 0.15) is 30.5 Å². The van der Waals surface area contributed by atoms with Crippen molar-refractivity contribution in [1.82, 2.24) is 4.98 Å². The lowest BCUT2D eigenvalue weighted by Gasteiger charge is -2.23. The van der Waals surface area contributed by atoms with Gasteiger partial charge in [-0.05, 0) is 73.9 Å². The predicted octanol–water partition coefficient (Wildman–Crippen LogP) is 7.60. The molecule has 40 heavy (non-hydrogen) atoms. The van der Waals surface area contributed by atoms with E-state index in [2.05, 4.69) is 4.98 Å². The van der Waals surface area contributed by atoms with Crippen molar-refractivity contribution in [3.63, 3.8) is 0 Å². The van der Waals surface area contributed by atoms with Gasteiger partial charge in [0.2, 0.25) is 0 Å². The van der Waals surface area contributed by atoms with Crippen LogP contribution in [-0.2, 0) is 23.9 Å². The van der Waals surface area contributed by atoms with Crippen molar-refractivity contribution in [1.29, 1.82) is 0 Å². The van der Waals surface area contributed by atoms with Crippen LogP contribution >= 0.6 is 11.3 Å². The summed E-state index contributed by atoms with van der Waals surface area (Å²) in [4.78, 5) is 17.8. The fourth-order valence-electron chi connectivity index (χ4n) is 3.79. The zero-order valence-corrected chi connectivity index (χ0v) is 22.3. The number of halogens is 5. The van der Waals surface area contributed by atoms with Gasteiger partial charge in [0.15, 0.2) is 22.4 Å². The first-order chi connectivity index (χ1) is 18.8. The second kappa shape index (κ2) is 11.6. The number of benzene rings is 3. The molecule has 0 aliphatic carbocycles. The van der Waals surface area contributed by atoms with Crippen LogP contribution in [0.25, 0.3) is 11.3 Å². The minimum atomic E-state index is -4.44. The first kappa shape index (κ1) is 29.0. The second-order valence-corrected chi connectivity index (χ2v) is 10.4. The normalized spacial score (nSPS) is 11.9. The first-order valence-electron chi connectivity index (χ1n) is 12.2. The van der Waals surface area contributed by atoms with Crippen molar-refractivity contribution in [3.8, 4) is 17.0 Å². The Labute approximate surface area is 231 Å². The summed E-state index contributed by atoms with van der Waals surface area (Å²) >= 11 is 1.28. The summed E-state index contributed by atoms with van der Waals surface area (Å²) in [6.45, 7) is 3.60. The number of alkyl halides is 3. The summed E-state index contributed by atoms with van der Waals surface area (Å²) in [5, 5.41) is 11.5. The Morgan fingerprint density at radius 1 is 0.950 bits per heavy atom. The molecule has 0 aliphatic heterocycles. The molecule has 1 N–H and O–H groups in total. The fraction of sp³-hybridized carbons (Fsp3) is 0.241. The SMILES string of the molecule is CC(C)(Oc1ccc(CCN(Cc2ccc(C(F)(F)F)cc2)c2nc(-c3ccc(F)c(F)c3)cs2)cc1)C(=O)O. The van der Waals surface area contributed by atoms with Gasteiger partial charge in [-0.3, -0.25) is 0 Å². The van der Waals surface area contributed by atoms with Crippen molar-refractivity contribution in [3.05, 3.63) is 100 Å². The van der Waals surface area contributed by atoms with E-state index in [1.54, 1.807) is 29.6 Å². The average Bonchev–Trinajstić information content (AvgIpc) is 3.39. The van der Waals surface area contributed by atoms with E-state index in [1.807, 2.05) is 4.90 Å². The van der Waals surface area contributed by atoms with Gasteiger partial charge in [-0.1, -0.05) is 24.3 Å². The molecule has 0 atom stereocenters. The highest BCUT2D eigenvalue weighted by Crippen LogP contribution is 2.32. The van der Waals surface area contributed by atoms with E-state index in [0.717, 1.165) is 29.8 Å². The van der Waals surface area contributed by atoms with E-state index in [4.69, 9.17) is 4.74 Å². The zero-order valence-electron chi connectivity index (χ0n) is 21.5. The van der Waals surface area contributed by atoms with Crippen LogP contribution in [0.5, 0.6) is 5.75 Å². The standard InChI is InChI=1S/C29H25F5N2O3S/c1-28(2,26(37)38)39-22-10-5-18(6-11-22)13-14-36(16-19-3-8-21(9-4-19)29(32,33)34)27-35-25(17-40-27)20-7-12-23(30)24(31)15-20/h3-12,15,17H,13-14,16H2,1-2H3,(H,37,38). The predicted molar refractivity (Wildman–Crippen MR) is 142 cm³/mol. The van der Waals surface area contributed by atoms with Gasteiger partial charge < -0.3 is 14.7 Å². The van der Waals surface area contributed by atoms with Gasteiger partial charge in [-0.2, -0.15) is 13.2 Å². The highest BCUT2D eigenvalue weighted by atomic mass is 32.1. The number of hydrogen-bond acceptors (Lipinski definition) is 5. The first-order valence-corrected chi connectivity index (χ1v) is 13.0. The number of anilines is 1. The molecular formula is C29H25F5N2O3S. The molecule has 0 saturated carbocycles. The molecule has 0 saturated heterocycles. The third-order valence-corrected chi connectivity index (χ3v) is 7.02. The average molecular weight is 577 g/mol. The highest BCUT2D eigenvalue weighted by molar-refractivity contribution is 7.14. The molecule has 4 aromatic rings. The van der Waals surface area contributed by atoms with E-state index >= 15 is 0 Å². The molecule has 0 radical (unpaired) electrons. The Hall–Kier alpha value is -3.99. The topological polar surface area (TPSA) is 62.7 Å². The van der Waals surface area contributed by atoms with E-state index in [9.17, 15) is 31.9 Å². The van der Waals surface area contributed by atoms with Crippen molar-refractivity contribution in [2.45, 2.75) is 38.6 Å². The van der Waals surface area contributed by atoms with Gasteiger partial charge in [-0.15, -0.1) is 11.3 Å². The lowest BCUT2D eigenvalue weighted by Crippen LogP contribution is -2.37. The summed E-state index contributed by atoms with van der Waals surface area (Å²) in [5.74, 6) is -2.66. The Kier molecular flexibility index (Phi) is 8.43. The molecular weight excluding hydrogens is 551 g/mol. The van der Waals surface area contributed by atoms with Crippen LogP contribution in [0.15, 0.2) is 72.1 Å². The van der Waals surface area contributed by atoms with Crippen LogP contribution in [-0.4, -0.2) is 28.2 Å². The molecule has 3 aromatic carbocycles. The summed E-state index contributed by atoms with van der Waals surface area (Å²) in [6, 6.07) is 15.3. The lowest BCUT2D eigenvalue weighted by molar-refractivity contribution is -0.152. The summed E-state index contributed by atoms with van der Waals surface area (Å²) in [5.41, 5.74) is 0.254. The van der Waals surface area contributed by atoms with E-state index in [1.165, 1.54) is 43.4 Å². The maximum absolute atomic E-state index is 13.8. The summed E-state index contributed by atoms with van der Waals surface area (Å²) < 4.78 is 71.8. The van der Waals surface area contributed by atoms with Crippen molar-refractivity contribution < 1.29 is 36.6 Å². The van der Waals surface area contributed by atoms with Crippen molar-refractivity contribution in [2.24, 2.45) is 0 Å². The maximum atomic E-state index is 13.8. The number of carboxylic acid groups (broad SMARTS) is 1. The number of rotatable bonds is 10. The third kappa shape index (κ3) is 7.15. The minimum absolute atomic E-state index is 0.261. The van der Waals surface area contributed by atoms with Crippen molar-refractivity contribution in [2.75, 3.05) is 11.4 Å². The van der Waals surface area contributed by atoms with E-state index in [-0.39, 0.29) is 6.54 Å². The number of carboxylic acids is 1. The molecule has 1 heterocycles. The largest absolute Gasteiger partial charge is 0.478 e. The molecule has 0 spiro atoms. The quantitative estimate of drug-likeness (QED) is 0.197. The molecule has 4 rings (SSSR count). The minimum Gasteiger partial charge on any atom is -0.478 e. The van der Waals surface area contributed by atoms with E-state index < -0.39 is 34.9 Å². The van der Waals surface area contributed by atoms with Gasteiger partial charge in [0.25, 0.3) is 0 Å². The van der Waals surface area contributed by atoms with Crippen LogP contribution in [0.2, 0.25) is 0 Å². The van der Waals surface area contributed by atoms with Gasteiger partial charge in [0.05, 0.1) is 11.3 Å². The number of hydrogen-bond donors (Lipinski definition) is 1. The lowest BCUT2D eigenvalue weighted by atomic mass is 10.1. The Morgan fingerprint density at radius 3 is 2.20 bits per heavy atom. The van der Waals surface area contributed by atoms with Gasteiger partial charge in [-0.25, -0.2) is 18.6 Å². The molecule has 5 nitrogen and oxygen atoms in total. The van der Waals surface area contributed by atoms with Gasteiger partial charge >= 0.3 is 12.1 Å². The molecule has 1 aromatic heterocycles. The molecule has 11 heteroatoms. The maximum Gasteiger partial charge on any atom is 0.416 e. The Bertz CT molecular complexity index is 1470. The second-order valence-electron chi connectivity index (χ2n) is 9.57. The fourth-order valence-corrected chi connectivity index (χ4v) is 4.65. The van der Waals surface area contributed by atoms with Crippen LogP contribution in [0, 0.1) is 11.6 Å². The number of carbonyl (C=O) groups is 1. The molecule has 0 amide bonds. The summed E-state index contributed by atoms with van der Waals surface area (Å²) in [7, 11) is 0. The van der Waals surface area contributed by atoms with Gasteiger partial charge in [0, 0.05) is 24.0 Å². The number of aromatic nitrogens is 1. The molecule has 0 aliphatic rings. The molecule has 0 fully saturated rings. The molecule has 0 bridgehead atoms.